The van der Waals surface area contributed by atoms with E-state index in [1.165, 1.54) is 35.2 Å². The van der Waals surface area contributed by atoms with Crippen molar-refractivity contribution in [2.75, 3.05) is 17.7 Å². The maximum atomic E-state index is 13.2. The second-order valence-corrected chi connectivity index (χ2v) is 9.04. The minimum Gasteiger partial charge on any atom is -0.462 e. The summed E-state index contributed by atoms with van der Waals surface area (Å²) >= 11 is 2.69. The largest absolute Gasteiger partial charge is 0.462 e. The quantitative estimate of drug-likeness (QED) is 0.422. The summed E-state index contributed by atoms with van der Waals surface area (Å²) in [5, 5.41) is 12.3. The lowest BCUT2D eigenvalue weighted by Crippen LogP contribution is -2.17. The number of thioether (sulfide) groups is 1. The van der Waals surface area contributed by atoms with Crippen molar-refractivity contribution in [2.24, 2.45) is 7.05 Å². The van der Waals surface area contributed by atoms with Crippen molar-refractivity contribution < 1.29 is 18.7 Å². The summed E-state index contributed by atoms with van der Waals surface area (Å²) in [6.07, 6.45) is 2.76. The molecule has 1 aliphatic rings. The fourth-order valence-electron chi connectivity index (χ4n) is 3.50. The van der Waals surface area contributed by atoms with Crippen LogP contribution in [0.4, 0.5) is 9.39 Å². The highest BCUT2D eigenvalue weighted by Crippen LogP contribution is 2.39. The number of benzene rings is 1. The van der Waals surface area contributed by atoms with Crippen LogP contribution in [-0.4, -0.2) is 39.0 Å². The van der Waals surface area contributed by atoms with Gasteiger partial charge in [-0.05, 0) is 56.0 Å². The maximum absolute atomic E-state index is 13.2. The van der Waals surface area contributed by atoms with Gasteiger partial charge < -0.3 is 14.6 Å². The SMILES string of the molecule is CCOC(=O)c1c(NC(=O)CSc2nnc(-c3ccc(F)cc3)n2C)sc2c1CCC2. The minimum absolute atomic E-state index is 0.111. The van der Waals surface area contributed by atoms with Gasteiger partial charge >= 0.3 is 5.97 Å². The summed E-state index contributed by atoms with van der Waals surface area (Å²) in [7, 11) is 1.79. The van der Waals surface area contributed by atoms with Crippen molar-refractivity contribution in [3.8, 4) is 11.4 Å². The molecule has 1 amide bonds. The molecule has 31 heavy (non-hydrogen) atoms. The first-order chi connectivity index (χ1) is 15.0. The van der Waals surface area contributed by atoms with E-state index in [9.17, 15) is 14.0 Å². The Bertz CT molecular complexity index is 1120. The number of nitrogens with one attached hydrogen (secondary N) is 1. The molecule has 0 aliphatic heterocycles. The van der Waals surface area contributed by atoms with Crippen LogP contribution >= 0.6 is 23.1 Å². The number of nitrogens with zero attached hydrogens (tertiary/aromatic N) is 3. The Morgan fingerprint density at radius 1 is 1.26 bits per heavy atom. The van der Waals surface area contributed by atoms with Crippen molar-refractivity contribution in [1.82, 2.24) is 14.8 Å². The predicted octanol–water partition coefficient (Wildman–Crippen LogP) is 4.08. The number of thiophene rings is 1. The minimum atomic E-state index is -0.387. The molecule has 0 atom stereocenters. The highest BCUT2D eigenvalue weighted by Gasteiger charge is 2.28. The van der Waals surface area contributed by atoms with Crippen LogP contribution in [0.25, 0.3) is 11.4 Å². The van der Waals surface area contributed by atoms with Gasteiger partial charge in [0.1, 0.15) is 10.8 Å². The molecule has 3 aromatic rings. The van der Waals surface area contributed by atoms with E-state index in [2.05, 4.69) is 15.5 Å². The Labute approximate surface area is 187 Å². The summed E-state index contributed by atoms with van der Waals surface area (Å²) in [6, 6.07) is 5.99. The van der Waals surface area contributed by atoms with Crippen molar-refractivity contribution >= 4 is 40.0 Å². The number of aromatic nitrogens is 3. The molecular formula is C21H21FN4O3S2. The second-order valence-electron chi connectivity index (χ2n) is 6.99. The van der Waals surface area contributed by atoms with Crippen LogP contribution in [0, 0.1) is 5.82 Å². The molecule has 7 nitrogen and oxygen atoms in total. The monoisotopic (exact) mass is 460 g/mol. The van der Waals surface area contributed by atoms with Crippen LogP contribution in [0.1, 0.15) is 34.1 Å². The third-order valence-electron chi connectivity index (χ3n) is 4.92. The molecule has 0 saturated heterocycles. The number of carbonyl (C=O) groups excluding carboxylic acids is 2. The molecule has 0 radical (unpaired) electrons. The molecular weight excluding hydrogens is 439 g/mol. The molecule has 10 heteroatoms. The third kappa shape index (κ3) is 4.49. The van der Waals surface area contributed by atoms with Crippen molar-refractivity contribution in [1.29, 1.82) is 0 Å². The molecule has 2 aromatic heterocycles. The summed E-state index contributed by atoms with van der Waals surface area (Å²) in [5.74, 6) is -0.245. The molecule has 162 valence electrons. The summed E-state index contributed by atoms with van der Waals surface area (Å²) in [6.45, 7) is 2.05. The van der Waals surface area contributed by atoms with E-state index in [1.807, 2.05) is 0 Å². The van der Waals surface area contributed by atoms with Gasteiger partial charge in [-0.2, -0.15) is 0 Å². The van der Waals surface area contributed by atoms with Crippen LogP contribution in [0.15, 0.2) is 29.4 Å². The highest BCUT2D eigenvalue weighted by atomic mass is 32.2. The molecule has 0 fully saturated rings. The highest BCUT2D eigenvalue weighted by molar-refractivity contribution is 7.99. The van der Waals surface area contributed by atoms with Gasteiger partial charge in [-0.1, -0.05) is 11.8 Å². The summed E-state index contributed by atoms with van der Waals surface area (Å²) in [5.41, 5.74) is 2.23. The number of anilines is 1. The van der Waals surface area contributed by atoms with Gasteiger partial charge in [0.15, 0.2) is 11.0 Å². The standard InChI is InChI=1S/C21H21FN4O3S2/c1-3-29-20(28)17-14-5-4-6-15(14)31-19(17)23-16(27)11-30-21-25-24-18(26(21)2)12-7-9-13(22)10-8-12/h7-10H,3-6,11H2,1-2H3,(H,23,27). The molecule has 0 saturated carbocycles. The van der Waals surface area contributed by atoms with Crippen LogP contribution in [-0.2, 0) is 29.4 Å². The predicted molar refractivity (Wildman–Crippen MR) is 118 cm³/mol. The topological polar surface area (TPSA) is 86.1 Å². The Morgan fingerprint density at radius 2 is 2.03 bits per heavy atom. The molecule has 0 spiro atoms. The molecule has 4 rings (SSSR count). The first kappa shape index (κ1) is 21.5. The van der Waals surface area contributed by atoms with E-state index in [-0.39, 0.29) is 30.1 Å². The lowest BCUT2D eigenvalue weighted by molar-refractivity contribution is -0.113. The zero-order valence-electron chi connectivity index (χ0n) is 17.1. The van der Waals surface area contributed by atoms with Crippen LogP contribution in [0.5, 0.6) is 0 Å². The van der Waals surface area contributed by atoms with Crippen molar-refractivity contribution in [3.05, 3.63) is 46.1 Å². The van der Waals surface area contributed by atoms with E-state index >= 15 is 0 Å². The number of amides is 1. The first-order valence-electron chi connectivity index (χ1n) is 9.87. The Morgan fingerprint density at radius 3 is 2.77 bits per heavy atom. The number of hydrogen-bond acceptors (Lipinski definition) is 7. The lowest BCUT2D eigenvalue weighted by Gasteiger charge is -2.08. The number of rotatable bonds is 7. The summed E-state index contributed by atoms with van der Waals surface area (Å²) in [4.78, 5) is 26.2. The van der Waals surface area contributed by atoms with E-state index in [0.29, 0.717) is 21.5 Å². The van der Waals surface area contributed by atoms with E-state index in [1.54, 1.807) is 30.7 Å². The third-order valence-corrected chi connectivity index (χ3v) is 7.15. The van der Waals surface area contributed by atoms with Crippen LogP contribution in [0.3, 0.4) is 0 Å². The van der Waals surface area contributed by atoms with E-state index < -0.39 is 0 Å². The van der Waals surface area contributed by atoms with Crippen molar-refractivity contribution in [2.45, 2.75) is 31.3 Å². The molecule has 1 aromatic carbocycles. The number of halogens is 1. The van der Waals surface area contributed by atoms with Gasteiger partial charge in [0.05, 0.1) is 17.9 Å². The number of ether oxygens (including phenoxy) is 1. The Kier molecular flexibility index (Phi) is 6.38. The van der Waals surface area contributed by atoms with E-state index in [4.69, 9.17) is 4.74 Å². The van der Waals surface area contributed by atoms with Gasteiger partial charge in [-0.3, -0.25) is 4.79 Å². The first-order valence-corrected chi connectivity index (χ1v) is 11.7. The van der Waals surface area contributed by atoms with Gasteiger partial charge in [0.2, 0.25) is 5.91 Å². The van der Waals surface area contributed by atoms with Gasteiger partial charge in [-0.25, -0.2) is 9.18 Å². The number of esters is 1. The van der Waals surface area contributed by atoms with E-state index in [0.717, 1.165) is 35.3 Å². The van der Waals surface area contributed by atoms with Gasteiger partial charge in [0, 0.05) is 17.5 Å². The van der Waals surface area contributed by atoms with Gasteiger partial charge in [0.25, 0.3) is 0 Å². The number of carbonyl (C=O) groups is 2. The van der Waals surface area contributed by atoms with Crippen LogP contribution < -0.4 is 5.32 Å². The van der Waals surface area contributed by atoms with Gasteiger partial charge in [-0.15, -0.1) is 21.5 Å². The molecule has 0 unspecified atom stereocenters. The zero-order chi connectivity index (χ0) is 22.0. The smallest absolute Gasteiger partial charge is 0.341 e. The summed E-state index contributed by atoms with van der Waals surface area (Å²) < 4.78 is 20.1. The lowest BCUT2D eigenvalue weighted by atomic mass is 10.1. The Balaban J connectivity index is 1.44. The molecule has 1 N–H and O–H groups in total. The number of hydrogen-bond donors (Lipinski definition) is 1. The molecule has 2 heterocycles. The second kappa shape index (κ2) is 9.19. The van der Waals surface area contributed by atoms with Crippen molar-refractivity contribution in [3.63, 3.8) is 0 Å². The Hall–Kier alpha value is -2.72. The molecule has 1 aliphatic carbocycles. The average molecular weight is 461 g/mol. The normalized spacial score (nSPS) is 12.6. The maximum Gasteiger partial charge on any atom is 0.341 e. The average Bonchev–Trinajstić information content (AvgIpc) is 3.42. The zero-order valence-corrected chi connectivity index (χ0v) is 18.7. The van der Waals surface area contributed by atoms with Crippen LogP contribution in [0.2, 0.25) is 0 Å². The number of aryl methyl sites for hydroxylation is 1. The number of fused-ring (bicyclic) bond motifs is 1. The fraction of sp³-hybridized carbons (Fsp3) is 0.333. The molecule has 0 bridgehead atoms. The fourth-order valence-corrected chi connectivity index (χ4v) is 5.50.